The molecule has 2 aromatic carbocycles. The van der Waals surface area contributed by atoms with Crippen molar-refractivity contribution in [1.82, 2.24) is 0 Å². The van der Waals surface area contributed by atoms with E-state index in [0.29, 0.717) is 23.5 Å². The van der Waals surface area contributed by atoms with Crippen LogP contribution in [0, 0.1) is 0 Å². The van der Waals surface area contributed by atoms with Gasteiger partial charge < -0.3 is 15.0 Å². The third-order valence-electron chi connectivity index (χ3n) is 3.98. The summed E-state index contributed by atoms with van der Waals surface area (Å²) >= 11 is 0. The van der Waals surface area contributed by atoms with Crippen LogP contribution in [-0.4, -0.2) is 30.7 Å². The lowest BCUT2D eigenvalue weighted by Gasteiger charge is -2.21. The standard InChI is InChI=1S/C21H24N2O4/c1-4-27-20-11-7-18(8-12-20)22-21(26)13-14-23(16(3)25)19-9-5-17(6-10-19)15(2)24/h5-12H,4,13-14H2,1-3H3,(H,22,26). The van der Waals surface area contributed by atoms with Gasteiger partial charge in [-0.15, -0.1) is 0 Å². The third-order valence-corrected chi connectivity index (χ3v) is 3.98. The van der Waals surface area contributed by atoms with Gasteiger partial charge in [0.25, 0.3) is 0 Å². The third kappa shape index (κ3) is 5.95. The smallest absolute Gasteiger partial charge is 0.226 e. The van der Waals surface area contributed by atoms with Gasteiger partial charge in [0.05, 0.1) is 6.61 Å². The summed E-state index contributed by atoms with van der Waals surface area (Å²) in [4.78, 5) is 37.0. The maximum Gasteiger partial charge on any atom is 0.226 e. The Balaban J connectivity index is 1.95. The first-order valence-corrected chi connectivity index (χ1v) is 8.82. The van der Waals surface area contributed by atoms with Crippen molar-refractivity contribution in [3.8, 4) is 5.75 Å². The van der Waals surface area contributed by atoms with Crippen LogP contribution in [0.5, 0.6) is 5.75 Å². The van der Waals surface area contributed by atoms with Crippen molar-refractivity contribution < 1.29 is 19.1 Å². The van der Waals surface area contributed by atoms with E-state index in [2.05, 4.69) is 5.32 Å². The van der Waals surface area contributed by atoms with E-state index >= 15 is 0 Å². The molecular formula is C21H24N2O4. The molecule has 6 heteroatoms. The second kappa shape index (κ2) is 9.52. The van der Waals surface area contributed by atoms with E-state index in [0.717, 1.165) is 5.75 Å². The molecule has 0 unspecified atom stereocenters. The van der Waals surface area contributed by atoms with E-state index in [-0.39, 0.29) is 30.6 Å². The number of rotatable bonds is 8. The number of hydrogen-bond acceptors (Lipinski definition) is 4. The van der Waals surface area contributed by atoms with E-state index in [1.165, 1.54) is 18.7 Å². The summed E-state index contributed by atoms with van der Waals surface area (Å²) in [6, 6.07) is 13.9. The Labute approximate surface area is 159 Å². The molecule has 0 bridgehead atoms. The molecule has 0 radical (unpaired) electrons. The van der Waals surface area contributed by atoms with Gasteiger partial charge in [-0.1, -0.05) is 0 Å². The largest absolute Gasteiger partial charge is 0.494 e. The van der Waals surface area contributed by atoms with Crippen molar-refractivity contribution in [2.24, 2.45) is 0 Å². The minimum atomic E-state index is -0.189. The quantitative estimate of drug-likeness (QED) is 0.722. The van der Waals surface area contributed by atoms with Crippen LogP contribution in [0.25, 0.3) is 0 Å². The first-order valence-electron chi connectivity index (χ1n) is 8.82. The normalized spacial score (nSPS) is 10.2. The summed E-state index contributed by atoms with van der Waals surface area (Å²) < 4.78 is 5.37. The van der Waals surface area contributed by atoms with Crippen LogP contribution < -0.4 is 15.0 Å². The van der Waals surface area contributed by atoms with E-state index in [4.69, 9.17) is 4.74 Å². The predicted molar refractivity (Wildman–Crippen MR) is 105 cm³/mol. The molecule has 2 aromatic rings. The fourth-order valence-corrected chi connectivity index (χ4v) is 2.58. The number of nitrogens with one attached hydrogen (secondary N) is 1. The van der Waals surface area contributed by atoms with Gasteiger partial charge >= 0.3 is 0 Å². The number of benzene rings is 2. The predicted octanol–water partition coefficient (Wildman–Crippen LogP) is 3.67. The number of ketones is 1. The van der Waals surface area contributed by atoms with Gasteiger partial charge in [-0.3, -0.25) is 14.4 Å². The zero-order valence-corrected chi connectivity index (χ0v) is 15.8. The molecule has 2 rings (SSSR count). The maximum absolute atomic E-state index is 12.2. The highest BCUT2D eigenvalue weighted by atomic mass is 16.5. The topological polar surface area (TPSA) is 75.7 Å². The Kier molecular flexibility index (Phi) is 7.11. The Bertz CT molecular complexity index is 798. The van der Waals surface area contributed by atoms with Crippen LogP contribution in [0.4, 0.5) is 11.4 Å². The Morgan fingerprint density at radius 1 is 0.963 bits per heavy atom. The summed E-state index contributed by atoms with van der Waals surface area (Å²) in [5.41, 5.74) is 1.90. The van der Waals surface area contributed by atoms with Gasteiger partial charge in [-0.25, -0.2) is 0 Å². The molecule has 0 atom stereocenters. The van der Waals surface area contributed by atoms with Gasteiger partial charge in [0.1, 0.15) is 5.75 Å². The summed E-state index contributed by atoms with van der Waals surface area (Å²) in [5, 5.41) is 2.80. The molecule has 1 N–H and O–H groups in total. The van der Waals surface area contributed by atoms with Crippen molar-refractivity contribution in [2.45, 2.75) is 27.2 Å². The van der Waals surface area contributed by atoms with Gasteiger partial charge in [0.2, 0.25) is 11.8 Å². The Morgan fingerprint density at radius 2 is 1.59 bits per heavy atom. The molecule has 27 heavy (non-hydrogen) atoms. The summed E-state index contributed by atoms with van der Waals surface area (Å²) in [6.07, 6.45) is 0.154. The minimum absolute atomic E-state index is 0.0364. The van der Waals surface area contributed by atoms with Crippen LogP contribution in [0.15, 0.2) is 48.5 Å². The molecule has 0 fully saturated rings. The lowest BCUT2D eigenvalue weighted by atomic mass is 10.1. The lowest BCUT2D eigenvalue weighted by molar-refractivity contribution is -0.117. The molecule has 0 heterocycles. The molecule has 0 aromatic heterocycles. The molecule has 0 saturated heterocycles. The molecule has 0 spiro atoms. The second-order valence-corrected chi connectivity index (χ2v) is 6.03. The van der Waals surface area contributed by atoms with E-state index < -0.39 is 0 Å². The molecule has 142 valence electrons. The Morgan fingerprint density at radius 3 is 2.11 bits per heavy atom. The first-order chi connectivity index (χ1) is 12.9. The van der Waals surface area contributed by atoms with Crippen LogP contribution in [0.3, 0.4) is 0 Å². The number of Topliss-reactive ketones (excluding diaryl/α,β-unsaturated/α-hetero) is 1. The summed E-state index contributed by atoms with van der Waals surface area (Å²) in [6.45, 7) is 5.67. The number of hydrogen-bond donors (Lipinski definition) is 1. The van der Waals surface area contributed by atoms with Crippen molar-refractivity contribution in [2.75, 3.05) is 23.4 Å². The van der Waals surface area contributed by atoms with Crippen molar-refractivity contribution in [1.29, 1.82) is 0 Å². The molecule has 0 saturated carbocycles. The van der Waals surface area contributed by atoms with E-state index in [1.54, 1.807) is 48.5 Å². The van der Waals surface area contributed by atoms with E-state index in [9.17, 15) is 14.4 Å². The van der Waals surface area contributed by atoms with Crippen molar-refractivity contribution in [3.63, 3.8) is 0 Å². The van der Waals surface area contributed by atoms with Gasteiger partial charge in [0, 0.05) is 36.8 Å². The zero-order chi connectivity index (χ0) is 19.8. The van der Waals surface area contributed by atoms with Gasteiger partial charge in [-0.05, 0) is 62.4 Å². The summed E-state index contributed by atoms with van der Waals surface area (Å²) in [7, 11) is 0. The fraction of sp³-hybridized carbons (Fsp3) is 0.286. The molecule has 6 nitrogen and oxygen atoms in total. The monoisotopic (exact) mass is 368 g/mol. The number of ether oxygens (including phenoxy) is 1. The molecular weight excluding hydrogens is 344 g/mol. The van der Waals surface area contributed by atoms with Crippen molar-refractivity contribution in [3.05, 3.63) is 54.1 Å². The fourth-order valence-electron chi connectivity index (χ4n) is 2.58. The highest BCUT2D eigenvalue weighted by Gasteiger charge is 2.14. The number of amides is 2. The average Bonchev–Trinajstić information content (AvgIpc) is 2.64. The highest BCUT2D eigenvalue weighted by Crippen LogP contribution is 2.18. The second-order valence-electron chi connectivity index (χ2n) is 6.03. The maximum atomic E-state index is 12.2. The van der Waals surface area contributed by atoms with E-state index in [1.807, 2.05) is 6.92 Å². The van der Waals surface area contributed by atoms with Crippen LogP contribution in [-0.2, 0) is 9.59 Å². The number of carbonyl (C=O) groups is 3. The number of nitrogens with zero attached hydrogens (tertiary/aromatic N) is 1. The van der Waals surface area contributed by atoms with Gasteiger partial charge in [-0.2, -0.15) is 0 Å². The SMILES string of the molecule is CCOc1ccc(NC(=O)CCN(C(C)=O)c2ccc(C(C)=O)cc2)cc1. The van der Waals surface area contributed by atoms with Crippen molar-refractivity contribution >= 4 is 29.0 Å². The van der Waals surface area contributed by atoms with Crippen LogP contribution in [0.2, 0.25) is 0 Å². The minimum Gasteiger partial charge on any atom is -0.494 e. The molecule has 0 aliphatic rings. The molecule has 0 aliphatic carbocycles. The Hall–Kier alpha value is -3.15. The zero-order valence-electron chi connectivity index (χ0n) is 15.8. The van der Waals surface area contributed by atoms with Crippen LogP contribution >= 0.6 is 0 Å². The number of carbonyl (C=O) groups excluding carboxylic acids is 3. The molecule has 2 amide bonds. The lowest BCUT2D eigenvalue weighted by Crippen LogP contribution is -2.32. The average molecular weight is 368 g/mol. The molecule has 0 aliphatic heterocycles. The number of anilines is 2. The highest BCUT2D eigenvalue weighted by molar-refractivity contribution is 5.97. The first kappa shape index (κ1) is 20.2. The summed E-state index contributed by atoms with van der Waals surface area (Å²) in [5.74, 6) is 0.350. The van der Waals surface area contributed by atoms with Gasteiger partial charge in [0.15, 0.2) is 5.78 Å². The van der Waals surface area contributed by atoms with Crippen LogP contribution in [0.1, 0.15) is 37.6 Å².